The zero-order valence-electron chi connectivity index (χ0n) is 15.6. The van der Waals surface area contributed by atoms with Crippen molar-refractivity contribution < 1.29 is 4.79 Å². The Morgan fingerprint density at radius 2 is 1.74 bits per heavy atom. The van der Waals surface area contributed by atoms with Gasteiger partial charge in [-0.2, -0.15) is 5.10 Å². The van der Waals surface area contributed by atoms with Crippen LogP contribution in [0.2, 0.25) is 5.02 Å². The molecule has 0 aromatic heterocycles. The van der Waals surface area contributed by atoms with Gasteiger partial charge in [0.25, 0.3) is 5.91 Å². The summed E-state index contributed by atoms with van der Waals surface area (Å²) in [7, 11) is 0. The van der Waals surface area contributed by atoms with Gasteiger partial charge < -0.3 is 0 Å². The first kappa shape index (κ1) is 18.2. The van der Waals surface area contributed by atoms with Gasteiger partial charge in [-0.15, -0.1) is 0 Å². The number of hydrazone groups is 1. The molecule has 1 unspecified atom stereocenters. The normalized spacial score (nSPS) is 22.7. The first-order chi connectivity index (χ1) is 13.1. The van der Waals surface area contributed by atoms with E-state index in [1.54, 1.807) is 5.01 Å². The number of benzene rings is 2. The molecule has 140 valence electrons. The van der Waals surface area contributed by atoms with Gasteiger partial charge in [-0.1, -0.05) is 61.0 Å². The van der Waals surface area contributed by atoms with Gasteiger partial charge in [0.15, 0.2) is 0 Å². The summed E-state index contributed by atoms with van der Waals surface area (Å²) in [5.74, 6) is 0.132. The van der Waals surface area contributed by atoms with Crippen LogP contribution in [0.25, 0.3) is 0 Å². The molecule has 4 nitrogen and oxygen atoms in total. The van der Waals surface area contributed by atoms with Crippen molar-refractivity contribution in [2.45, 2.75) is 32.9 Å². The standard InChI is InChI=1S/C22H24ClN3O/c1-2-22-16-25(14-17-6-4-3-5-7-17)13-12-20(22)24-26(21(22)27)15-18-8-10-19(23)11-9-18/h3-11H,2,12-16H2,1H3. The minimum absolute atomic E-state index is 0.132. The lowest BCUT2D eigenvalue weighted by atomic mass is 9.75. The molecule has 1 fully saturated rings. The maximum atomic E-state index is 13.3. The minimum atomic E-state index is -0.473. The highest BCUT2D eigenvalue weighted by Crippen LogP contribution is 2.39. The topological polar surface area (TPSA) is 35.9 Å². The molecule has 27 heavy (non-hydrogen) atoms. The third-order valence-corrected chi connectivity index (χ3v) is 5.95. The van der Waals surface area contributed by atoms with Crippen LogP contribution in [-0.2, 0) is 17.9 Å². The van der Waals surface area contributed by atoms with Gasteiger partial charge in [0.1, 0.15) is 5.41 Å². The highest BCUT2D eigenvalue weighted by molar-refractivity contribution is 6.30. The number of carbonyl (C=O) groups excluding carboxylic acids is 1. The summed E-state index contributed by atoms with van der Waals surface area (Å²) in [6, 6.07) is 18.1. The molecule has 1 saturated heterocycles. The first-order valence-corrected chi connectivity index (χ1v) is 9.89. The number of piperidine rings is 1. The molecule has 2 aliphatic heterocycles. The van der Waals surface area contributed by atoms with Crippen LogP contribution in [-0.4, -0.2) is 34.6 Å². The molecule has 2 aromatic carbocycles. The van der Waals surface area contributed by atoms with Crippen LogP contribution in [0.4, 0.5) is 0 Å². The Balaban J connectivity index is 1.51. The molecule has 4 rings (SSSR count). The summed E-state index contributed by atoms with van der Waals surface area (Å²) < 4.78 is 0. The predicted octanol–water partition coefficient (Wildman–Crippen LogP) is 4.34. The van der Waals surface area contributed by atoms with Gasteiger partial charge in [-0.25, -0.2) is 5.01 Å². The van der Waals surface area contributed by atoms with Gasteiger partial charge in [-0.3, -0.25) is 9.69 Å². The number of hydrogen-bond acceptors (Lipinski definition) is 3. The summed E-state index contributed by atoms with van der Waals surface area (Å²) >= 11 is 5.97. The maximum Gasteiger partial charge on any atom is 0.256 e. The highest BCUT2D eigenvalue weighted by atomic mass is 35.5. The number of nitrogens with zero attached hydrogens (tertiary/aromatic N) is 3. The smallest absolute Gasteiger partial charge is 0.256 e. The largest absolute Gasteiger partial charge is 0.297 e. The van der Waals surface area contributed by atoms with E-state index in [0.717, 1.165) is 43.8 Å². The van der Waals surface area contributed by atoms with E-state index >= 15 is 0 Å². The van der Waals surface area contributed by atoms with E-state index in [1.807, 2.05) is 30.3 Å². The summed E-state index contributed by atoms with van der Waals surface area (Å²) in [5.41, 5.74) is 2.91. The third-order valence-electron chi connectivity index (χ3n) is 5.69. The van der Waals surface area contributed by atoms with Crippen molar-refractivity contribution in [1.82, 2.24) is 9.91 Å². The number of likely N-dealkylation sites (tertiary alicyclic amines) is 1. The number of amides is 1. The van der Waals surface area contributed by atoms with Gasteiger partial charge in [0, 0.05) is 31.1 Å². The third kappa shape index (κ3) is 3.52. The lowest BCUT2D eigenvalue weighted by Crippen LogP contribution is -2.52. The number of rotatable bonds is 5. The Bertz CT molecular complexity index is 850. The summed E-state index contributed by atoms with van der Waals surface area (Å²) in [6.07, 6.45) is 1.64. The number of fused-ring (bicyclic) bond motifs is 1. The summed E-state index contributed by atoms with van der Waals surface area (Å²) in [6.45, 7) is 5.16. The van der Waals surface area contributed by atoms with Crippen molar-refractivity contribution in [3.05, 3.63) is 70.7 Å². The fourth-order valence-electron chi connectivity index (χ4n) is 4.14. The monoisotopic (exact) mass is 381 g/mol. The van der Waals surface area contributed by atoms with Crippen molar-refractivity contribution in [3.8, 4) is 0 Å². The van der Waals surface area contributed by atoms with E-state index in [2.05, 4.69) is 36.1 Å². The average Bonchev–Trinajstić information content (AvgIpc) is 2.96. The van der Waals surface area contributed by atoms with Crippen LogP contribution >= 0.6 is 11.6 Å². The van der Waals surface area contributed by atoms with E-state index in [-0.39, 0.29) is 5.91 Å². The van der Waals surface area contributed by atoms with E-state index in [0.29, 0.717) is 11.6 Å². The summed E-state index contributed by atoms with van der Waals surface area (Å²) in [4.78, 5) is 15.7. The molecule has 0 bridgehead atoms. The molecular weight excluding hydrogens is 358 g/mol. The maximum absolute atomic E-state index is 13.3. The fraction of sp³-hybridized carbons (Fsp3) is 0.364. The van der Waals surface area contributed by atoms with Crippen LogP contribution < -0.4 is 0 Å². The molecule has 0 saturated carbocycles. The SMILES string of the molecule is CCC12CN(Cc3ccccc3)CCC1=NN(Cc1ccc(Cl)cc1)C2=O. The Hall–Kier alpha value is -2.17. The molecule has 1 amide bonds. The molecule has 2 heterocycles. The lowest BCUT2D eigenvalue weighted by molar-refractivity contribution is -0.138. The Kier molecular flexibility index (Phi) is 5.02. The molecule has 0 N–H and O–H groups in total. The number of hydrogen-bond donors (Lipinski definition) is 0. The second-order valence-corrected chi connectivity index (χ2v) is 7.85. The zero-order chi connectivity index (χ0) is 18.9. The quantitative estimate of drug-likeness (QED) is 0.772. The van der Waals surface area contributed by atoms with Crippen LogP contribution in [0.5, 0.6) is 0 Å². The molecule has 2 aromatic rings. The van der Waals surface area contributed by atoms with Crippen LogP contribution in [0.15, 0.2) is 59.7 Å². The number of halogens is 1. The van der Waals surface area contributed by atoms with E-state index in [4.69, 9.17) is 16.7 Å². The van der Waals surface area contributed by atoms with Crippen LogP contribution in [0.1, 0.15) is 30.9 Å². The van der Waals surface area contributed by atoms with Crippen molar-refractivity contribution >= 4 is 23.2 Å². The van der Waals surface area contributed by atoms with E-state index in [1.165, 1.54) is 5.56 Å². The van der Waals surface area contributed by atoms with Crippen LogP contribution in [0, 0.1) is 5.41 Å². The molecule has 0 spiro atoms. The number of carbonyl (C=O) groups is 1. The van der Waals surface area contributed by atoms with Gasteiger partial charge in [0.05, 0.1) is 12.3 Å². The second-order valence-electron chi connectivity index (χ2n) is 7.42. The molecule has 2 aliphatic rings. The molecule has 1 atom stereocenters. The van der Waals surface area contributed by atoms with Gasteiger partial charge in [0.2, 0.25) is 0 Å². The predicted molar refractivity (Wildman–Crippen MR) is 108 cm³/mol. The minimum Gasteiger partial charge on any atom is -0.297 e. The van der Waals surface area contributed by atoms with Crippen LogP contribution in [0.3, 0.4) is 0 Å². The van der Waals surface area contributed by atoms with Gasteiger partial charge in [-0.05, 0) is 29.7 Å². The second kappa shape index (κ2) is 7.45. The van der Waals surface area contributed by atoms with Gasteiger partial charge >= 0.3 is 0 Å². The average molecular weight is 382 g/mol. The van der Waals surface area contributed by atoms with E-state index in [9.17, 15) is 4.79 Å². The zero-order valence-corrected chi connectivity index (χ0v) is 16.3. The lowest BCUT2D eigenvalue weighted by Gasteiger charge is -2.38. The molecule has 0 aliphatic carbocycles. The Morgan fingerprint density at radius 3 is 2.44 bits per heavy atom. The van der Waals surface area contributed by atoms with Crippen molar-refractivity contribution in [2.75, 3.05) is 13.1 Å². The summed E-state index contributed by atoms with van der Waals surface area (Å²) in [5, 5.41) is 7.10. The highest BCUT2D eigenvalue weighted by Gasteiger charge is 2.52. The Morgan fingerprint density at radius 1 is 1.04 bits per heavy atom. The molecule has 0 radical (unpaired) electrons. The first-order valence-electron chi connectivity index (χ1n) is 9.51. The van der Waals surface area contributed by atoms with E-state index < -0.39 is 5.41 Å². The Labute approximate surface area is 165 Å². The fourth-order valence-corrected chi connectivity index (χ4v) is 4.27. The molecule has 5 heteroatoms. The molecular formula is C22H24ClN3O. The van der Waals surface area contributed by atoms with Crippen molar-refractivity contribution in [1.29, 1.82) is 0 Å². The van der Waals surface area contributed by atoms with Crippen molar-refractivity contribution in [3.63, 3.8) is 0 Å². The van der Waals surface area contributed by atoms with Crippen molar-refractivity contribution in [2.24, 2.45) is 10.5 Å².